The number of hydrogen-bond acceptors (Lipinski definition) is 3. The fourth-order valence-corrected chi connectivity index (χ4v) is 2.36. The average Bonchev–Trinajstić information content (AvgIpc) is 2.42. The molecule has 2 aromatic carbocycles. The van der Waals surface area contributed by atoms with E-state index in [2.05, 4.69) is 5.32 Å². The van der Waals surface area contributed by atoms with Crippen LogP contribution in [0, 0.1) is 0 Å². The fraction of sp³-hybridized carbons (Fsp3) is 0. The average molecular weight is 305 g/mol. The van der Waals surface area contributed by atoms with Crippen molar-refractivity contribution < 1.29 is 4.79 Å². The topological polar surface area (TPSA) is 55.1 Å². The zero-order chi connectivity index (χ0) is 14.4. The predicted octanol–water partition coefficient (Wildman–Crippen LogP) is 4.17. The third kappa shape index (κ3) is 4.33. The highest BCUT2D eigenvalue weighted by Gasteiger charge is 2.00. The van der Waals surface area contributed by atoms with Gasteiger partial charge in [0.15, 0.2) is 0 Å². The van der Waals surface area contributed by atoms with Crippen LogP contribution in [0.3, 0.4) is 0 Å². The molecule has 0 unspecified atom stereocenters. The van der Waals surface area contributed by atoms with E-state index in [1.165, 1.54) is 17.8 Å². The molecule has 3 N–H and O–H groups in total. The van der Waals surface area contributed by atoms with Crippen LogP contribution >= 0.6 is 23.4 Å². The van der Waals surface area contributed by atoms with Gasteiger partial charge in [-0.15, -0.1) is 0 Å². The van der Waals surface area contributed by atoms with Gasteiger partial charge in [-0.25, -0.2) is 0 Å². The lowest BCUT2D eigenvalue weighted by Gasteiger charge is -2.02. The second kappa shape index (κ2) is 7.03. The Morgan fingerprint density at radius 3 is 2.65 bits per heavy atom. The summed E-state index contributed by atoms with van der Waals surface area (Å²) in [6, 6.07) is 14.5. The van der Waals surface area contributed by atoms with Gasteiger partial charge in [-0.2, -0.15) is 0 Å². The van der Waals surface area contributed by atoms with Crippen molar-refractivity contribution in [3.8, 4) is 0 Å². The number of benzene rings is 2. The zero-order valence-corrected chi connectivity index (χ0v) is 12.1. The minimum absolute atomic E-state index is 0.184. The summed E-state index contributed by atoms with van der Waals surface area (Å²) in [6.07, 6.45) is 1.46. The first-order valence-electron chi connectivity index (χ1n) is 5.89. The standard InChI is InChI=1S/C15H13ClN2OS/c16-11-6-7-14(13(17)10-11)20-9-8-15(19)18-12-4-2-1-3-5-12/h1-10H,17H2,(H,18,19)/b9-8-. The van der Waals surface area contributed by atoms with E-state index in [-0.39, 0.29) is 5.91 Å². The van der Waals surface area contributed by atoms with Crippen LogP contribution in [0.15, 0.2) is 64.9 Å². The maximum absolute atomic E-state index is 11.7. The second-order valence-electron chi connectivity index (χ2n) is 3.96. The van der Waals surface area contributed by atoms with Gasteiger partial charge in [0, 0.05) is 27.4 Å². The Bertz CT molecular complexity index is 629. The minimum Gasteiger partial charge on any atom is -0.398 e. The van der Waals surface area contributed by atoms with E-state index in [0.717, 1.165) is 10.6 Å². The molecule has 5 heteroatoms. The molecule has 0 atom stereocenters. The lowest BCUT2D eigenvalue weighted by molar-refractivity contribution is -0.111. The van der Waals surface area contributed by atoms with Crippen LogP contribution in [-0.2, 0) is 4.79 Å². The lowest BCUT2D eigenvalue weighted by Crippen LogP contribution is -2.07. The van der Waals surface area contributed by atoms with Crippen molar-refractivity contribution >= 4 is 40.6 Å². The SMILES string of the molecule is Nc1cc(Cl)ccc1S/C=C\C(=O)Nc1ccccc1. The number of amides is 1. The maximum atomic E-state index is 11.7. The number of nitrogens with two attached hydrogens (primary N) is 1. The maximum Gasteiger partial charge on any atom is 0.248 e. The van der Waals surface area contributed by atoms with Crippen LogP contribution in [0.5, 0.6) is 0 Å². The van der Waals surface area contributed by atoms with Crippen LogP contribution in [0.1, 0.15) is 0 Å². The van der Waals surface area contributed by atoms with E-state index in [4.69, 9.17) is 17.3 Å². The molecule has 0 aliphatic carbocycles. The highest BCUT2D eigenvalue weighted by atomic mass is 35.5. The largest absolute Gasteiger partial charge is 0.398 e. The number of nitrogens with one attached hydrogen (secondary N) is 1. The molecule has 0 aliphatic rings. The number of thioether (sulfide) groups is 1. The summed E-state index contributed by atoms with van der Waals surface area (Å²) in [5, 5.41) is 5.05. The van der Waals surface area contributed by atoms with Gasteiger partial charge in [0.05, 0.1) is 0 Å². The quantitative estimate of drug-likeness (QED) is 0.506. The molecule has 0 saturated heterocycles. The first-order valence-corrected chi connectivity index (χ1v) is 7.15. The molecule has 0 fully saturated rings. The molecule has 3 nitrogen and oxygen atoms in total. The highest BCUT2D eigenvalue weighted by molar-refractivity contribution is 8.02. The van der Waals surface area contributed by atoms with Gasteiger partial charge in [-0.05, 0) is 35.7 Å². The molecular formula is C15H13ClN2OS. The summed E-state index contributed by atoms with van der Waals surface area (Å²) in [4.78, 5) is 12.5. The number of carbonyl (C=O) groups excluding carboxylic acids is 1. The third-order valence-corrected chi connectivity index (χ3v) is 3.56. The molecule has 102 valence electrons. The first-order chi connectivity index (χ1) is 9.65. The molecule has 0 spiro atoms. The van der Waals surface area contributed by atoms with Crippen molar-refractivity contribution in [2.75, 3.05) is 11.1 Å². The van der Waals surface area contributed by atoms with Crippen LogP contribution in [0.2, 0.25) is 5.02 Å². The van der Waals surface area contributed by atoms with Gasteiger partial charge in [-0.3, -0.25) is 4.79 Å². The van der Waals surface area contributed by atoms with Gasteiger partial charge < -0.3 is 11.1 Å². The van der Waals surface area contributed by atoms with E-state index in [1.54, 1.807) is 17.5 Å². The van der Waals surface area contributed by atoms with Gasteiger partial charge >= 0.3 is 0 Å². The Labute approximate surface area is 126 Å². The van der Waals surface area contributed by atoms with E-state index >= 15 is 0 Å². The first kappa shape index (κ1) is 14.5. The van der Waals surface area contributed by atoms with Crippen molar-refractivity contribution in [3.63, 3.8) is 0 Å². The summed E-state index contributed by atoms with van der Waals surface area (Å²) in [5.74, 6) is -0.184. The predicted molar refractivity (Wildman–Crippen MR) is 85.9 cm³/mol. The molecule has 0 aliphatic heterocycles. The molecule has 2 aromatic rings. The molecule has 0 aromatic heterocycles. The van der Waals surface area contributed by atoms with Crippen molar-refractivity contribution in [3.05, 3.63) is 65.0 Å². The number of rotatable bonds is 4. The monoisotopic (exact) mass is 304 g/mol. The fourth-order valence-electron chi connectivity index (χ4n) is 1.50. The van der Waals surface area contributed by atoms with Gasteiger partial charge in [0.2, 0.25) is 5.91 Å². The molecular weight excluding hydrogens is 292 g/mol. The summed E-state index contributed by atoms with van der Waals surface area (Å²) in [7, 11) is 0. The normalized spacial score (nSPS) is 10.7. The lowest BCUT2D eigenvalue weighted by atomic mass is 10.3. The number of halogens is 1. The Kier molecular flexibility index (Phi) is 5.09. The molecule has 0 heterocycles. The number of para-hydroxylation sites is 1. The summed E-state index contributed by atoms with van der Waals surface area (Å²) in [5.41, 5.74) is 7.18. The summed E-state index contributed by atoms with van der Waals surface area (Å²) < 4.78 is 0. The van der Waals surface area contributed by atoms with Crippen LogP contribution < -0.4 is 11.1 Å². The number of nitrogen functional groups attached to an aromatic ring is 1. The van der Waals surface area contributed by atoms with E-state index < -0.39 is 0 Å². The zero-order valence-electron chi connectivity index (χ0n) is 10.5. The van der Waals surface area contributed by atoms with Crippen molar-refractivity contribution in [1.29, 1.82) is 0 Å². The molecule has 20 heavy (non-hydrogen) atoms. The number of carbonyl (C=O) groups is 1. The highest BCUT2D eigenvalue weighted by Crippen LogP contribution is 2.28. The Morgan fingerprint density at radius 2 is 1.95 bits per heavy atom. The third-order valence-electron chi connectivity index (χ3n) is 2.43. The van der Waals surface area contributed by atoms with Crippen LogP contribution in [0.25, 0.3) is 0 Å². The molecule has 0 saturated carbocycles. The summed E-state index contributed by atoms with van der Waals surface area (Å²) in [6.45, 7) is 0. The summed E-state index contributed by atoms with van der Waals surface area (Å²) >= 11 is 7.19. The second-order valence-corrected chi connectivity index (χ2v) is 5.34. The van der Waals surface area contributed by atoms with Gasteiger partial charge in [0.1, 0.15) is 0 Å². The number of hydrogen-bond donors (Lipinski definition) is 2. The van der Waals surface area contributed by atoms with E-state index in [0.29, 0.717) is 10.7 Å². The molecule has 0 bridgehead atoms. The van der Waals surface area contributed by atoms with Crippen molar-refractivity contribution in [2.24, 2.45) is 0 Å². The van der Waals surface area contributed by atoms with E-state index in [1.807, 2.05) is 36.4 Å². The Hall–Kier alpha value is -1.91. The Balaban J connectivity index is 1.91. The molecule has 0 radical (unpaired) electrons. The molecule has 1 amide bonds. The Morgan fingerprint density at radius 1 is 1.20 bits per heavy atom. The number of anilines is 2. The van der Waals surface area contributed by atoms with Crippen LogP contribution in [0.4, 0.5) is 11.4 Å². The van der Waals surface area contributed by atoms with Crippen LogP contribution in [-0.4, -0.2) is 5.91 Å². The minimum atomic E-state index is -0.184. The molecule has 2 rings (SSSR count). The smallest absolute Gasteiger partial charge is 0.248 e. The van der Waals surface area contributed by atoms with Crippen molar-refractivity contribution in [2.45, 2.75) is 4.90 Å². The van der Waals surface area contributed by atoms with Crippen molar-refractivity contribution in [1.82, 2.24) is 0 Å². The van der Waals surface area contributed by atoms with Gasteiger partial charge in [-0.1, -0.05) is 41.6 Å². The van der Waals surface area contributed by atoms with E-state index in [9.17, 15) is 4.79 Å². The van der Waals surface area contributed by atoms with Gasteiger partial charge in [0.25, 0.3) is 0 Å².